The predicted octanol–water partition coefficient (Wildman–Crippen LogP) is -4.69. The van der Waals surface area contributed by atoms with E-state index in [1.165, 1.54) is 32.5 Å². The van der Waals surface area contributed by atoms with Crippen LogP contribution in [0.3, 0.4) is 0 Å². The molecule has 0 fully saturated rings. The zero-order chi connectivity index (χ0) is 17.2. The molecule has 2 unspecified atom stereocenters. The Morgan fingerprint density at radius 2 is 1.15 bits per heavy atom. The topological polar surface area (TPSA) is 15.4 Å². The van der Waals surface area contributed by atoms with E-state index in [4.69, 9.17) is 0 Å². The Morgan fingerprint density at radius 3 is 1.56 bits per heavy atom. The fourth-order valence-corrected chi connectivity index (χ4v) is 4.10. The van der Waals surface area contributed by atoms with Gasteiger partial charge in [-0.25, -0.2) is 9.80 Å². The summed E-state index contributed by atoms with van der Waals surface area (Å²) < 4.78 is 0. The van der Waals surface area contributed by atoms with Gasteiger partial charge in [-0.05, 0) is 12.1 Å². The maximum absolute atomic E-state index is 3.91. The van der Waals surface area contributed by atoms with Crippen LogP contribution in [-0.2, 0) is 0 Å². The van der Waals surface area contributed by atoms with E-state index in [1.54, 1.807) is 0 Å². The Bertz CT molecular complexity index is 730. The molecule has 0 amide bonds. The fourth-order valence-electron chi connectivity index (χ4n) is 4.10. The highest BCUT2D eigenvalue weighted by Gasteiger charge is 2.37. The second-order valence-electron chi connectivity index (χ2n) is 6.76. The SMILES string of the molecule is C=CCN1C[NH+](C[NH+]2CN(CC=C)c3ccccc32)c2ccccc21.[Br-].[Br-]. The molecule has 0 spiro atoms. The maximum Gasteiger partial charge on any atom is 0.216 e. The quantitative estimate of drug-likeness (QED) is 0.393. The van der Waals surface area contributed by atoms with Crippen molar-refractivity contribution in [3.63, 3.8) is 0 Å². The van der Waals surface area contributed by atoms with Crippen molar-refractivity contribution in [1.82, 2.24) is 0 Å². The number of para-hydroxylation sites is 4. The molecular weight excluding hydrogens is 468 g/mol. The molecule has 0 aliphatic carbocycles. The monoisotopic (exact) mass is 492 g/mol. The molecule has 2 N–H and O–H groups in total. The van der Waals surface area contributed by atoms with E-state index >= 15 is 0 Å². The van der Waals surface area contributed by atoms with Gasteiger partial charge < -0.3 is 43.8 Å². The number of nitrogens with one attached hydrogen (secondary N) is 2. The average molecular weight is 494 g/mol. The van der Waals surface area contributed by atoms with Gasteiger partial charge in [0.05, 0.1) is 0 Å². The van der Waals surface area contributed by atoms with E-state index in [9.17, 15) is 0 Å². The lowest BCUT2D eigenvalue weighted by atomic mass is 10.2. The minimum atomic E-state index is 0. The molecule has 2 aromatic carbocycles. The van der Waals surface area contributed by atoms with Crippen molar-refractivity contribution < 1.29 is 43.8 Å². The minimum Gasteiger partial charge on any atom is -1.00 e. The van der Waals surface area contributed by atoms with Crippen molar-refractivity contribution in [3.05, 3.63) is 73.8 Å². The molecule has 0 bridgehead atoms. The molecular formula is C21H26Br2N4. The third kappa shape index (κ3) is 4.14. The molecule has 0 saturated heterocycles. The standard InChI is InChI=1S/C21H24N4.2BrH/c1-3-13-22-15-24(20-11-7-5-9-18(20)22)17-25-16-23(14-4-2)19-10-6-8-12-21(19)25;;/h3-12H,1-2,13-17H2;2*1H. The van der Waals surface area contributed by atoms with Crippen LogP contribution in [-0.4, -0.2) is 33.1 Å². The van der Waals surface area contributed by atoms with Gasteiger partial charge in [-0.2, -0.15) is 0 Å². The van der Waals surface area contributed by atoms with Gasteiger partial charge in [-0.3, -0.25) is 0 Å². The Kier molecular flexibility index (Phi) is 7.68. The number of fused-ring (bicyclic) bond motifs is 2. The summed E-state index contributed by atoms with van der Waals surface area (Å²) in [7, 11) is 0. The van der Waals surface area contributed by atoms with Crippen LogP contribution in [0.2, 0.25) is 0 Å². The van der Waals surface area contributed by atoms with Crippen molar-refractivity contribution in [2.24, 2.45) is 0 Å². The molecule has 2 aliphatic rings. The summed E-state index contributed by atoms with van der Waals surface area (Å²) >= 11 is 0. The summed E-state index contributed by atoms with van der Waals surface area (Å²) in [5.74, 6) is 0. The van der Waals surface area contributed by atoms with E-state index in [0.717, 1.165) is 33.1 Å². The van der Waals surface area contributed by atoms with Crippen molar-refractivity contribution >= 4 is 22.7 Å². The van der Waals surface area contributed by atoms with Crippen molar-refractivity contribution in [2.75, 3.05) is 42.9 Å². The van der Waals surface area contributed by atoms with Gasteiger partial charge in [0.1, 0.15) is 11.4 Å². The van der Waals surface area contributed by atoms with E-state index < -0.39 is 0 Å². The molecule has 4 rings (SSSR count). The van der Waals surface area contributed by atoms with Crippen LogP contribution in [0.5, 0.6) is 0 Å². The summed E-state index contributed by atoms with van der Waals surface area (Å²) in [6.45, 7) is 12.7. The highest BCUT2D eigenvalue weighted by molar-refractivity contribution is 5.66. The zero-order valence-corrected chi connectivity index (χ0v) is 18.5. The summed E-state index contributed by atoms with van der Waals surface area (Å²) in [6.07, 6.45) is 3.98. The highest BCUT2D eigenvalue weighted by Crippen LogP contribution is 2.27. The third-order valence-electron chi connectivity index (χ3n) is 5.14. The number of nitrogens with zero attached hydrogens (tertiary/aromatic N) is 2. The summed E-state index contributed by atoms with van der Waals surface area (Å²) in [6, 6.07) is 17.5. The second kappa shape index (κ2) is 9.55. The highest BCUT2D eigenvalue weighted by atomic mass is 79.9. The number of halogens is 2. The van der Waals surface area contributed by atoms with Crippen LogP contribution in [0.25, 0.3) is 0 Å². The molecule has 2 heterocycles. The molecule has 4 nitrogen and oxygen atoms in total. The molecule has 0 radical (unpaired) electrons. The first kappa shape index (κ1) is 21.7. The molecule has 27 heavy (non-hydrogen) atoms. The first-order chi connectivity index (χ1) is 12.3. The van der Waals surface area contributed by atoms with Crippen LogP contribution in [0.15, 0.2) is 73.8 Å². The van der Waals surface area contributed by atoms with Gasteiger partial charge in [-0.1, -0.05) is 36.4 Å². The summed E-state index contributed by atoms with van der Waals surface area (Å²) in [5.41, 5.74) is 5.48. The lowest BCUT2D eigenvalue weighted by Gasteiger charge is -2.20. The Morgan fingerprint density at radius 1 is 0.741 bits per heavy atom. The molecule has 2 aliphatic heterocycles. The number of benzene rings is 2. The Balaban J connectivity index is 0.00000131. The van der Waals surface area contributed by atoms with E-state index in [-0.39, 0.29) is 34.0 Å². The largest absolute Gasteiger partial charge is 1.00 e. The average Bonchev–Trinajstić information content (AvgIpc) is 3.16. The zero-order valence-electron chi connectivity index (χ0n) is 15.4. The molecule has 2 atom stereocenters. The summed E-state index contributed by atoms with van der Waals surface area (Å²) in [5, 5.41) is 0. The van der Waals surface area contributed by atoms with Gasteiger partial charge in [0.25, 0.3) is 0 Å². The fraction of sp³-hybridized carbons (Fsp3) is 0.238. The first-order valence-electron chi connectivity index (χ1n) is 8.91. The Labute approximate surface area is 182 Å². The van der Waals surface area contributed by atoms with Crippen molar-refractivity contribution in [1.29, 1.82) is 0 Å². The van der Waals surface area contributed by atoms with Crippen molar-refractivity contribution in [2.45, 2.75) is 0 Å². The number of quaternary nitrogens is 2. The van der Waals surface area contributed by atoms with Gasteiger partial charge in [0.15, 0.2) is 24.7 Å². The number of hydrogen-bond donors (Lipinski definition) is 2. The van der Waals surface area contributed by atoms with E-state index in [1.807, 2.05) is 12.2 Å². The third-order valence-corrected chi connectivity index (χ3v) is 5.14. The van der Waals surface area contributed by atoms with Crippen LogP contribution in [0.1, 0.15) is 0 Å². The minimum absolute atomic E-state index is 0. The van der Waals surface area contributed by atoms with E-state index in [2.05, 4.69) is 71.5 Å². The first-order valence-corrected chi connectivity index (χ1v) is 8.91. The molecule has 0 aromatic heterocycles. The lowest BCUT2D eigenvalue weighted by molar-refractivity contribution is -1.02. The predicted molar refractivity (Wildman–Crippen MR) is 104 cm³/mol. The maximum atomic E-state index is 3.91. The second-order valence-corrected chi connectivity index (χ2v) is 6.76. The van der Waals surface area contributed by atoms with Crippen LogP contribution < -0.4 is 53.6 Å². The summed E-state index contributed by atoms with van der Waals surface area (Å²) in [4.78, 5) is 7.87. The van der Waals surface area contributed by atoms with Crippen molar-refractivity contribution in [3.8, 4) is 0 Å². The number of anilines is 2. The lowest BCUT2D eigenvalue weighted by Crippen LogP contribution is -3.26. The van der Waals surface area contributed by atoms with Gasteiger partial charge in [0.2, 0.25) is 6.67 Å². The molecule has 6 heteroatoms. The molecule has 0 saturated carbocycles. The molecule has 144 valence electrons. The number of rotatable bonds is 6. The number of hydrogen-bond acceptors (Lipinski definition) is 2. The van der Waals surface area contributed by atoms with Gasteiger partial charge in [-0.15, -0.1) is 13.2 Å². The van der Waals surface area contributed by atoms with E-state index in [0.29, 0.717) is 0 Å². The van der Waals surface area contributed by atoms with Crippen LogP contribution >= 0.6 is 0 Å². The molecule has 2 aromatic rings. The Hall–Kier alpha value is -1.60. The van der Waals surface area contributed by atoms with Gasteiger partial charge >= 0.3 is 0 Å². The van der Waals surface area contributed by atoms with Crippen LogP contribution in [0, 0.1) is 0 Å². The van der Waals surface area contributed by atoms with Gasteiger partial charge in [0, 0.05) is 25.2 Å². The smallest absolute Gasteiger partial charge is 0.216 e. The normalized spacial score (nSPS) is 19.6. The van der Waals surface area contributed by atoms with Crippen LogP contribution in [0.4, 0.5) is 22.7 Å².